The number of nitrogens with zero attached hydrogens (tertiary/aromatic N) is 1. The zero-order valence-electron chi connectivity index (χ0n) is 8.66. The van der Waals surface area contributed by atoms with Crippen LogP contribution >= 0.6 is 11.3 Å². The third-order valence-electron chi connectivity index (χ3n) is 2.29. The van der Waals surface area contributed by atoms with Crippen LogP contribution in [0.2, 0.25) is 0 Å². The van der Waals surface area contributed by atoms with E-state index in [4.69, 9.17) is 5.73 Å². The number of pyridine rings is 1. The summed E-state index contributed by atoms with van der Waals surface area (Å²) in [5.41, 5.74) is 9.19. The van der Waals surface area contributed by atoms with Crippen molar-refractivity contribution in [1.82, 2.24) is 4.98 Å². The average molecular weight is 206 g/mol. The van der Waals surface area contributed by atoms with Crippen LogP contribution in [0.3, 0.4) is 0 Å². The third-order valence-corrected chi connectivity index (χ3v) is 3.31. The maximum Gasteiger partial charge on any atom is 0.0867 e. The molecule has 0 aromatic carbocycles. The van der Waals surface area contributed by atoms with Crippen molar-refractivity contribution in [1.29, 1.82) is 0 Å². The lowest BCUT2D eigenvalue weighted by atomic mass is 9.88. The highest BCUT2D eigenvalue weighted by atomic mass is 32.1. The van der Waals surface area contributed by atoms with Gasteiger partial charge >= 0.3 is 0 Å². The number of anilines is 1. The lowest BCUT2D eigenvalue weighted by molar-refractivity contribution is 0.596. The maximum atomic E-state index is 5.88. The molecule has 0 aliphatic rings. The second kappa shape index (κ2) is 2.95. The Morgan fingerprint density at radius 3 is 2.71 bits per heavy atom. The fraction of sp³-hybridized carbons (Fsp3) is 0.364. The predicted molar refractivity (Wildman–Crippen MR) is 62.7 cm³/mol. The molecule has 0 unspecified atom stereocenters. The van der Waals surface area contributed by atoms with Crippen molar-refractivity contribution in [3.63, 3.8) is 0 Å². The maximum absolute atomic E-state index is 5.88. The lowest BCUT2D eigenvalue weighted by Gasteiger charge is -2.16. The van der Waals surface area contributed by atoms with E-state index in [9.17, 15) is 0 Å². The Morgan fingerprint density at radius 2 is 2.07 bits per heavy atom. The molecule has 14 heavy (non-hydrogen) atoms. The van der Waals surface area contributed by atoms with Crippen LogP contribution in [0.4, 0.5) is 5.69 Å². The van der Waals surface area contributed by atoms with E-state index in [1.54, 1.807) is 17.5 Å². The van der Waals surface area contributed by atoms with E-state index < -0.39 is 0 Å². The molecule has 0 atom stereocenters. The molecule has 2 aromatic heterocycles. The number of nitrogen functional groups attached to an aromatic ring is 1. The van der Waals surface area contributed by atoms with Gasteiger partial charge in [-0.05, 0) is 22.4 Å². The molecule has 0 saturated heterocycles. The first-order valence-corrected chi connectivity index (χ1v) is 5.50. The van der Waals surface area contributed by atoms with Crippen LogP contribution in [0, 0.1) is 0 Å². The molecule has 0 saturated carbocycles. The minimum atomic E-state index is 0.138. The zero-order valence-corrected chi connectivity index (χ0v) is 9.48. The van der Waals surface area contributed by atoms with Crippen LogP contribution in [-0.4, -0.2) is 4.98 Å². The molecule has 0 radical (unpaired) electrons. The first-order chi connectivity index (χ1) is 6.50. The fourth-order valence-corrected chi connectivity index (χ4v) is 2.66. The van der Waals surface area contributed by atoms with Gasteiger partial charge in [0, 0.05) is 6.20 Å². The van der Waals surface area contributed by atoms with E-state index >= 15 is 0 Å². The number of nitrogens with two attached hydrogens (primary N) is 1. The van der Waals surface area contributed by atoms with Crippen LogP contribution in [0.15, 0.2) is 17.6 Å². The number of rotatable bonds is 0. The molecule has 2 aromatic rings. The normalized spacial score (nSPS) is 12.2. The monoisotopic (exact) mass is 206 g/mol. The summed E-state index contributed by atoms with van der Waals surface area (Å²) in [5, 5.41) is 2.16. The average Bonchev–Trinajstić information content (AvgIpc) is 2.47. The molecule has 0 aliphatic heterocycles. The van der Waals surface area contributed by atoms with E-state index in [0.29, 0.717) is 0 Å². The van der Waals surface area contributed by atoms with E-state index in [2.05, 4.69) is 31.1 Å². The van der Waals surface area contributed by atoms with Gasteiger partial charge in [0.1, 0.15) is 0 Å². The molecule has 0 aliphatic carbocycles. The Balaban J connectivity index is 2.76. The molecular weight excluding hydrogens is 192 g/mol. The smallest absolute Gasteiger partial charge is 0.0867 e. The Morgan fingerprint density at radius 1 is 1.36 bits per heavy atom. The van der Waals surface area contributed by atoms with Gasteiger partial charge in [0.25, 0.3) is 0 Å². The second-order valence-corrected chi connectivity index (χ2v) is 5.36. The van der Waals surface area contributed by atoms with Crippen LogP contribution in [0.25, 0.3) is 10.2 Å². The van der Waals surface area contributed by atoms with Crippen molar-refractivity contribution < 1.29 is 0 Å². The minimum Gasteiger partial charge on any atom is -0.397 e. The SMILES string of the molecule is CC(C)(C)c1csc2c(N)ccnc12. The third kappa shape index (κ3) is 1.38. The minimum absolute atomic E-state index is 0.138. The molecular formula is C11H14N2S. The molecule has 2 heterocycles. The summed E-state index contributed by atoms with van der Waals surface area (Å²) in [6.07, 6.45) is 1.78. The fourth-order valence-electron chi connectivity index (χ4n) is 1.48. The van der Waals surface area contributed by atoms with Gasteiger partial charge in [-0.25, -0.2) is 0 Å². The summed E-state index contributed by atoms with van der Waals surface area (Å²) in [6, 6.07) is 1.85. The first-order valence-electron chi connectivity index (χ1n) is 4.62. The predicted octanol–water partition coefficient (Wildman–Crippen LogP) is 3.18. The van der Waals surface area contributed by atoms with Crippen molar-refractivity contribution in [2.24, 2.45) is 0 Å². The van der Waals surface area contributed by atoms with Crippen molar-refractivity contribution in [3.05, 3.63) is 23.2 Å². The second-order valence-electron chi connectivity index (χ2n) is 4.48. The van der Waals surface area contributed by atoms with Gasteiger partial charge in [-0.15, -0.1) is 11.3 Å². The highest BCUT2D eigenvalue weighted by Crippen LogP contribution is 2.35. The molecule has 2 nitrogen and oxygen atoms in total. The van der Waals surface area contributed by atoms with Gasteiger partial charge in [0.15, 0.2) is 0 Å². The number of hydrogen-bond acceptors (Lipinski definition) is 3. The largest absolute Gasteiger partial charge is 0.397 e. The summed E-state index contributed by atoms with van der Waals surface area (Å²) < 4.78 is 1.11. The Hall–Kier alpha value is -1.09. The Bertz CT molecular complexity index is 466. The van der Waals surface area contributed by atoms with Crippen LogP contribution < -0.4 is 5.73 Å². The molecule has 2 N–H and O–H groups in total. The molecule has 0 amide bonds. The molecule has 0 fully saturated rings. The van der Waals surface area contributed by atoms with Gasteiger partial charge in [-0.3, -0.25) is 4.98 Å². The molecule has 3 heteroatoms. The van der Waals surface area contributed by atoms with E-state index in [1.807, 2.05) is 6.07 Å². The van der Waals surface area contributed by atoms with Crippen LogP contribution in [0.5, 0.6) is 0 Å². The molecule has 2 rings (SSSR count). The molecule has 0 bridgehead atoms. The molecule has 74 valence electrons. The summed E-state index contributed by atoms with van der Waals surface area (Å²) >= 11 is 1.68. The van der Waals surface area contributed by atoms with Crippen LogP contribution in [-0.2, 0) is 5.41 Å². The van der Waals surface area contributed by atoms with Crippen LogP contribution in [0.1, 0.15) is 26.3 Å². The zero-order chi connectivity index (χ0) is 10.3. The van der Waals surface area contributed by atoms with E-state index in [-0.39, 0.29) is 5.41 Å². The summed E-state index contributed by atoms with van der Waals surface area (Å²) in [4.78, 5) is 4.40. The van der Waals surface area contributed by atoms with Gasteiger partial charge < -0.3 is 5.73 Å². The highest BCUT2D eigenvalue weighted by molar-refractivity contribution is 7.18. The number of aromatic nitrogens is 1. The number of thiophene rings is 1. The summed E-state index contributed by atoms with van der Waals surface area (Å²) in [5.74, 6) is 0. The summed E-state index contributed by atoms with van der Waals surface area (Å²) in [7, 11) is 0. The first kappa shape index (κ1) is 9.46. The van der Waals surface area contributed by atoms with Gasteiger partial charge in [-0.2, -0.15) is 0 Å². The van der Waals surface area contributed by atoms with Crippen molar-refractivity contribution >= 4 is 27.2 Å². The van der Waals surface area contributed by atoms with Gasteiger partial charge in [-0.1, -0.05) is 20.8 Å². The van der Waals surface area contributed by atoms with E-state index in [0.717, 1.165) is 15.9 Å². The number of hydrogen-bond donors (Lipinski definition) is 1. The van der Waals surface area contributed by atoms with Gasteiger partial charge in [0.05, 0.1) is 15.9 Å². The Kier molecular flexibility index (Phi) is 2.00. The van der Waals surface area contributed by atoms with Crippen molar-refractivity contribution in [3.8, 4) is 0 Å². The lowest BCUT2D eigenvalue weighted by Crippen LogP contribution is -2.10. The summed E-state index contributed by atoms with van der Waals surface area (Å²) in [6.45, 7) is 6.58. The van der Waals surface area contributed by atoms with Crippen molar-refractivity contribution in [2.75, 3.05) is 5.73 Å². The standard InChI is InChI=1S/C11H14N2S/c1-11(2,3)7-6-14-10-8(12)4-5-13-9(7)10/h4-6H,1-3H3,(H2,12,13). The Labute approximate surface area is 87.8 Å². The van der Waals surface area contributed by atoms with E-state index in [1.165, 1.54) is 5.56 Å². The quantitative estimate of drug-likeness (QED) is 0.719. The van der Waals surface area contributed by atoms with Gasteiger partial charge in [0.2, 0.25) is 0 Å². The highest BCUT2D eigenvalue weighted by Gasteiger charge is 2.19. The number of fused-ring (bicyclic) bond motifs is 1. The topological polar surface area (TPSA) is 38.9 Å². The van der Waals surface area contributed by atoms with Crippen molar-refractivity contribution in [2.45, 2.75) is 26.2 Å². The molecule has 0 spiro atoms.